The van der Waals surface area contributed by atoms with Crippen LogP contribution in [0.1, 0.15) is 20.8 Å². The second kappa shape index (κ2) is 5.68. The molecule has 1 aromatic carbocycles. The summed E-state index contributed by atoms with van der Waals surface area (Å²) in [4.78, 5) is 0. The molecule has 84 valence electrons. The van der Waals surface area contributed by atoms with Gasteiger partial charge in [0.05, 0.1) is 20.8 Å². The molecule has 0 saturated heterocycles. The molecule has 0 aliphatic heterocycles. The Labute approximate surface area is 99.6 Å². The number of rotatable bonds is 4. The van der Waals surface area contributed by atoms with Gasteiger partial charge in [0.1, 0.15) is 0 Å². The van der Waals surface area contributed by atoms with Crippen molar-refractivity contribution in [2.75, 3.05) is 5.88 Å². The van der Waals surface area contributed by atoms with E-state index in [0.717, 1.165) is 0 Å². The highest BCUT2D eigenvalue weighted by Crippen LogP contribution is 2.11. The first kappa shape index (κ1) is 12.8. The van der Waals surface area contributed by atoms with Crippen molar-refractivity contribution in [3.05, 3.63) is 30.3 Å². The van der Waals surface area contributed by atoms with E-state index >= 15 is 0 Å². The summed E-state index contributed by atoms with van der Waals surface area (Å²) in [7, 11) is -0.431. The first-order valence-electron chi connectivity index (χ1n) is 5.29. The second-order valence-corrected chi connectivity index (χ2v) is 7.14. The normalized spacial score (nSPS) is 14.7. The number of benzene rings is 1. The zero-order valence-electron chi connectivity index (χ0n) is 9.66. The van der Waals surface area contributed by atoms with Crippen LogP contribution in [0.2, 0.25) is 0 Å². The summed E-state index contributed by atoms with van der Waals surface area (Å²) in [5, 5.41) is 1.41. The molecule has 0 N–H and O–H groups in total. The Hall–Kier alpha value is -0.313. The third-order valence-electron chi connectivity index (χ3n) is 2.00. The summed E-state index contributed by atoms with van der Waals surface area (Å²) in [6, 6.07) is 10.5. The molecular weight excluding hydrogens is 224 g/mol. The quantitative estimate of drug-likeness (QED) is 0.579. The molecule has 1 atom stereocenters. The minimum Gasteiger partial charge on any atom is -0.375 e. The Kier molecular flexibility index (Phi) is 4.83. The molecule has 0 heterocycles. The topological polar surface area (TPSA) is 9.23 Å². The van der Waals surface area contributed by atoms with Gasteiger partial charge in [-0.15, -0.1) is 11.6 Å². The van der Waals surface area contributed by atoms with E-state index < -0.39 is 9.52 Å². The highest BCUT2D eigenvalue weighted by Gasteiger charge is 2.18. The molecule has 0 radical (unpaired) electrons. The zero-order chi connectivity index (χ0) is 11.3. The lowest BCUT2D eigenvalue weighted by molar-refractivity contribution is -0.0149. The summed E-state index contributed by atoms with van der Waals surface area (Å²) in [5.74, 6) is 0.596. The molecule has 0 spiro atoms. The van der Waals surface area contributed by atoms with E-state index in [1.807, 2.05) is 6.07 Å². The maximum Gasteiger partial charge on any atom is 0.0903 e. The fourth-order valence-electron chi connectivity index (χ4n) is 1.50. The van der Waals surface area contributed by atoms with E-state index in [0.29, 0.717) is 5.88 Å². The third-order valence-corrected chi connectivity index (χ3v) is 4.56. The number of hydrogen-bond acceptors (Lipinski definition) is 1. The maximum absolute atomic E-state index is 5.93. The molecule has 1 nitrogen and oxygen atoms in total. The Bertz CT molecular complexity index is 281. The SMILES string of the molecule is CC(C)(C)OC(CCl)[SiH2]c1ccccc1. The van der Waals surface area contributed by atoms with Crippen molar-refractivity contribution in [1.82, 2.24) is 0 Å². The number of halogens is 1. The Balaban J connectivity index is 2.55. The van der Waals surface area contributed by atoms with Gasteiger partial charge < -0.3 is 4.74 Å². The van der Waals surface area contributed by atoms with E-state index in [1.165, 1.54) is 5.19 Å². The molecule has 0 amide bonds. The second-order valence-electron chi connectivity index (χ2n) is 4.70. The van der Waals surface area contributed by atoms with Crippen molar-refractivity contribution in [2.45, 2.75) is 32.1 Å². The van der Waals surface area contributed by atoms with Gasteiger partial charge in [0.15, 0.2) is 0 Å². The average molecular weight is 243 g/mol. The lowest BCUT2D eigenvalue weighted by Gasteiger charge is -2.26. The zero-order valence-corrected chi connectivity index (χ0v) is 11.8. The highest BCUT2D eigenvalue weighted by molar-refractivity contribution is 6.55. The van der Waals surface area contributed by atoms with Gasteiger partial charge in [0, 0.05) is 5.88 Å². The van der Waals surface area contributed by atoms with Crippen molar-refractivity contribution in [3.63, 3.8) is 0 Å². The van der Waals surface area contributed by atoms with Crippen LogP contribution in [-0.2, 0) is 4.74 Å². The smallest absolute Gasteiger partial charge is 0.0903 e. The molecule has 3 heteroatoms. The van der Waals surface area contributed by atoms with Crippen LogP contribution in [0.3, 0.4) is 0 Å². The van der Waals surface area contributed by atoms with Gasteiger partial charge in [0.25, 0.3) is 0 Å². The predicted molar refractivity (Wildman–Crippen MR) is 70.0 cm³/mol. The lowest BCUT2D eigenvalue weighted by Crippen LogP contribution is -2.37. The van der Waals surface area contributed by atoms with Crippen LogP contribution in [-0.4, -0.2) is 26.7 Å². The van der Waals surface area contributed by atoms with Crippen LogP contribution in [0.4, 0.5) is 0 Å². The largest absolute Gasteiger partial charge is 0.375 e. The Morgan fingerprint density at radius 2 is 1.87 bits per heavy atom. The molecular formula is C12H19ClOSi. The number of ether oxygens (including phenoxy) is 1. The van der Waals surface area contributed by atoms with Crippen LogP contribution in [0, 0.1) is 0 Å². The first-order valence-corrected chi connectivity index (χ1v) is 7.35. The monoisotopic (exact) mass is 242 g/mol. The molecule has 0 aromatic heterocycles. The maximum atomic E-state index is 5.93. The fraction of sp³-hybridized carbons (Fsp3) is 0.500. The third kappa shape index (κ3) is 5.35. The predicted octanol–water partition coefficient (Wildman–Crippen LogP) is 1.86. The van der Waals surface area contributed by atoms with Gasteiger partial charge in [-0.25, -0.2) is 0 Å². The van der Waals surface area contributed by atoms with E-state index in [9.17, 15) is 0 Å². The van der Waals surface area contributed by atoms with Crippen LogP contribution in [0.25, 0.3) is 0 Å². The van der Waals surface area contributed by atoms with Gasteiger partial charge in [0.2, 0.25) is 0 Å². The molecule has 0 saturated carbocycles. The van der Waals surface area contributed by atoms with Crippen molar-refractivity contribution < 1.29 is 4.74 Å². The van der Waals surface area contributed by atoms with Gasteiger partial charge in [-0.3, -0.25) is 0 Å². The van der Waals surface area contributed by atoms with E-state index in [-0.39, 0.29) is 11.3 Å². The van der Waals surface area contributed by atoms with E-state index in [4.69, 9.17) is 16.3 Å². The molecule has 1 rings (SSSR count). The van der Waals surface area contributed by atoms with Crippen molar-refractivity contribution in [1.29, 1.82) is 0 Å². The van der Waals surface area contributed by atoms with Crippen LogP contribution in [0.5, 0.6) is 0 Å². The van der Waals surface area contributed by atoms with Crippen molar-refractivity contribution in [3.8, 4) is 0 Å². The number of alkyl halides is 1. The van der Waals surface area contributed by atoms with E-state index in [2.05, 4.69) is 45.0 Å². The van der Waals surface area contributed by atoms with Crippen molar-refractivity contribution >= 4 is 26.3 Å². The summed E-state index contributed by atoms with van der Waals surface area (Å²) in [6.07, 6.45) is 0. The fourth-order valence-corrected chi connectivity index (χ4v) is 3.66. The molecule has 0 aliphatic carbocycles. The number of hydrogen-bond donors (Lipinski definition) is 0. The highest BCUT2D eigenvalue weighted by atomic mass is 35.5. The van der Waals surface area contributed by atoms with E-state index in [1.54, 1.807) is 0 Å². The van der Waals surface area contributed by atoms with Gasteiger partial charge in [-0.1, -0.05) is 35.5 Å². The lowest BCUT2D eigenvalue weighted by atomic mass is 10.2. The van der Waals surface area contributed by atoms with Crippen LogP contribution < -0.4 is 5.19 Å². The van der Waals surface area contributed by atoms with Crippen molar-refractivity contribution in [2.24, 2.45) is 0 Å². The Morgan fingerprint density at radius 1 is 1.27 bits per heavy atom. The van der Waals surface area contributed by atoms with Crippen LogP contribution in [0.15, 0.2) is 30.3 Å². The molecule has 0 aliphatic rings. The molecule has 1 aromatic rings. The molecule has 0 fully saturated rings. The first-order chi connectivity index (χ1) is 7.01. The molecule has 1 unspecified atom stereocenters. The van der Waals surface area contributed by atoms with Gasteiger partial charge in [-0.05, 0) is 20.8 Å². The van der Waals surface area contributed by atoms with Gasteiger partial charge >= 0.3 is 0 Å². The summed E-state index contributed by atoms with van der Waals surface area (Å²) in [6.45, 7) is 6.23. The summed E-state index contributed by atoms with van der Waals surface area (Å²) in [5.41, 5.74) is 0.135. The van der Waals surface area contributed by atoms with Crippen LogP contribution >= 0.6 is 11.6 Å². The summed E-state index contributed by atoms with van der Waals surface area (Å²) < 4.78 is 5.92. The summed E-state index contributed by atoms with van der Waals surface area (Å²) >= 11 is 5.93. The Morgan fingerprint density at radius 3 is 2.33 bits per heavy atom. The average Bonchev–Trinajstić information content (AvgIpc) is 2.16. The minimum atomic E-state index is -0.431. The molecule has 15 heavy (non-hydrogen) atoms. The minimum absolute atomic E-state index is 0.0959. The van der Waals surface area contributed by atoms with Gasteiger partial charge in [-0.2, -0.15) is 0 Å². The standard InChI is InChI=1S/C12H19ClOSi/c1-12(2,3)14-11(9-13)15-10-7-5-4-6-8-10/h4-8,11H,9,15H2,1-3H3. The molecule has 0 bridgehead atoms.